The molecule has 1 rings (SSSR count). The van der Waals surface area contributed by atoms with Gasteiger partial charge in [0.1, 0.15) is 0 Å². The Balaban J connectivity index is 3.24. The molecule has 16 heavy (non-hydrogen) atoms. The van der Waals surface area contributed by atoms with E-state index in [1.165, 1.54) is 13.1 Å². The molecule has 0 heterocycles. The Kier molecular flexibility index (Phi) is 4.31. The van der Waals surface area contributed by atoms with Gasteiger partial charge in [-0.25, -0.2) is 9.59 Å². The van der Waals surface area contributed by atoms with Crippen molar-refractivity contribution in [2.24, 2.45) is 0 Å². The van der Waals surface area contributed by atoms with E-state index in [0.29, 0.717) is 8.95 Å². The highest BCUT2D eigenvalue weighted by atomic mass is 79.9. The molecule has 0 radical (unpaired) electrons. The molecule has 0 aromatic heterocycles. The van der Waals surface area contributed by atoms with Gasteiger partial charge >= 0.3 is 12.0 Å². The number of nitrogens with one attached hydrogen (secondary N) is 2. The Morgan fingerprint density at radius 2 is 1.94 bits per heavy atom. The summed E-state index contributed by atoms with van der Waals surface area (Å²) in [5, 5.41) is 13.8. The van der Waals surface area contributed by atoms with Gasteiger partial charge < -0.3 is 15.7 Å². The molecule has 0 fully saturated rings. The molecule has 0 aliphatic carbocycles. The Morgan fingerprint density at radius 1 is 1.31 bits per heavy atom. The maximum absolute atomic E-state index is 11.1. The van der Waals surface area contributed by atoms with Crippen molar-refractivity contribution in [3.63, 3.8) is 0 Å². The molecule has 0 saturated carbocycles. The summed E-state index contributed by atoms with van der Waals surface area (Å²) in [6, 6.07) is 2.58. The van der Waals surface area contributed by atoms with Crippen LogP contribution in [0.1, 0.15) is 10.4 Å². The van der Waals surface area contributed by atoms with E-state index in [2.05, 4.69) is 42.5 Å². The molecule has 0 aliphatic heterocycles. The van der Waals surface area contributed by atoms with Crippen molar-refractivity contribution in [2.75, 3.05) is 12.4 Å². The number of benzene rings is 1. The zero-order valence-electron chi connectivity index (χ0n) is 8.17. The lowest BCUT2D eigenvalue weighted by Crippen LogP contribution is -2.25. The molecule has 5 nitrogen and oxygen atoms in total. The number of halogens is 2. The van der Waals surface area contributed by atoms with Crippen molar-refractivity contribution in [2.45, 2.75) is 0 Å². The SMILES string of the molecule is CNC(=O)Nc1c(Br)cc(Br)cc1C(=O)O. The van der Waals surface area contributed by atoms with Gasteiger partial charge in [0.15, 0.2) is 0 Å². The van der Waals surface area contributed by atoms with Gasteiger partial charge in [0, 0.05) is 16.0 Å². The number of carboxylic acids is 1. The van der Waals surface area contributed by atoms with Crippen LogP contribution in [0, 0.1) is 0 Å². The van der Waals surface area contributed by atoms with Crippen LogP contribution in [0.2, 0.25) is 0 Å². The third-order valence-electron chi connectivity index (χ3n) is 1.75. The summed E-state index contributed by atoms with van der Waals surface area (Å²) in [4.78, 5) is 22.1. The second-order valence-corrected chi connectivity index (χ2v) is 4.59. The normalized spacial score (nSPS) is 9.69. The summed E-state index contributed by atoms with van der Waals surface area (Å²) in [7, 11) is 1.45. The standard InChI is InChI=1S/C9H8Br2N2O3/c1-12-9(16)13-7-5(8(14)15)2-4(10)3-6(7)11/h2-3H,1H3,(H,14,15)(H2,12,13,16). The number of urea groups is 1. The minimum atomic E-state index is -1.12. The van der Waals surface area contributed by atoms with Gasteiger partial charge in [-0.05, 0) is 28.1 Å². The van der Waals surface area contributed by atoms with Crippen LogP contribution < -0.4 is 10.6 Å². The molecule has 1 aromatic carbocycles. The first kappa shape index (κ1) is 13.0. The predicted octanol–water partition coefficient (Wildman–Crippen LogP) is 2.66. The van der Waals surface area contributed by atoms with Gasteiger partial charge in [-0.2, -0.15) is 0 Å². The topological polar surface area (TPSA) is 78.4 Å². The fourth-order valence-electron chi connectivity index (χ4n) is 1.05. The minimum Gasteiger partial charge on any atom is -0.478 e. The molecule has 0 aliphatic rings. The minimum absolute atomic E-state index is 0.00449. The first-order valence-corrected chi connectivity index (χ1v) is 5.75. The molecule has 2 amide bonds. The van der Waals surface area contributed by atoms with Crippen molar-refractivity contribution >= 4 is 49.5 Å². The molecule has 7 heteroatoms. The quantitative estimate of drug-likeness (QED) is 0.766. The number of amides is 2. The number of anilines is 1. The Morgan fingerprint density at radius 3 is 2.44 bits per heavy atom. The van der Waals surface area contributed by atoms with E-state index in [4.69, 9.17) is 5.11 Å². The van der Waals surface area contributed by atoms with Crippen molar-refractivity contribution in [3.05, 3.63) is 26.6 Å². The summed E-state index contributed by atoms with van der Waals surface area (Å²) >= 11 is 6.37. The van der Waals surface area contributed by atoms with Crippen LogP contribution in [0.3, 0.4) is 0 Å². The first-order valence-electron chi connectivity index (χ1n) is 4.16. The second kappa shape index (κ2) is 5.31. The van der Waals surface area contributed by atoms with Gasteiger partial charge in [0.2, 0.25) is 0 Å². The maximum Gasteiger partial charge on any atom is 0.337 e. The zero-order chi connectivity index (χ0) is 12.3. The summed E-state index contributed by atoms with van der Waals surface area (Å²) in [6.07, 6.45) is 0. The monoisotopic (exact) mass is 350 g/mol. The van der Waals surface area contributed by atoms with Crippen LogP contribution in [-0.2, 0) is 0 Å². The molecular weight excluding hydrogens is 344 g/mol. The van der Waals surface area contributed by atoms with Crippen LogP contribution in [0.15, 0.2) is 21.1 Å². The van der Waals surface area contributed by atoms with Crippen LogP contribution in [0.25, 0.3) is 0 Å². The molecule has 0 spiro atoms. The number of hydrogen-bond donors (Lipinski definition) is 3. The van der Waals surface area contributed by atoms with Gasteiger partial charge in [0.05, 0.1) is 11.3 Å². The lowest BCUT2D eigenvalue weighted by Gasteiger charge is -2.10. The second-order valence-electron chi connectivity index (χ2n) is 2.82. The van der Waals surface area contributed by atoms with E-state index in [-0.39, 0.29) is 11.3 Å². The van der Waals surface area contributed by atoms with Crippen LogP contribution in [-0.4, -0.2) is 24.2 Å². The van der Waals surface area contributed by atoms with Gasteiger partial charge in [-0.1, -0.05) is 15.9 Å². The van der Waals surface area contributed by atoms with E-state index in [9.17, 15) is 9.59 Å². The molecule has 1 aromatic rings. The molecular formula is C9H8Br2N2O3. The van der Waals surface area contributed by atoms with E-state index in [1.54, 1.807) is 6.07 Å². The molecule has 0 saturated heterocycles. The van der Waals surface area contributed by atoms with E-state index < -0.39 is 12.0 Å². The number of carbonyl (C=O) groups is 2. The average molecular weight is 352 g/mol. The predicted molar refractivity (Wildman–Crippen MR) is 66.9 cm³/mol. The number of carboxylic acid groups (broad SMARTS) is 1. The molecule has 0 unspecified atom stereocenters. The number of aromatic carboxylic acids is 1. The Hall–Kier alpha value is -1.08. The van der Waals surface area contributed by atoms with Crippen LogP contribution >= 0.6 is 31.9 Å². The van der Waals surface area contributed by atoms with E-state index >= 15 is 0 Å². The van der Waals surface area contributed by atoms with Gasteiger partial charge in [0.25, 0.3) is 0 Å². The highest BCUT2D eigenvalue weighted by Gasteiger charge is 2.16. The summed E-state index contributed by atoms with van der Waals surface area (Å²) in [5.41, 5.74) is 0.222. The van der Waals surface area contributed by atoms with Crippen molar-refractivity contribution in [1.29, 1.82) is 0 Å². The molecule has 3 N–H and O–H groups in total. The summed E-state index contributed by atoms with van der Waals surface area (Å²) in [6.45, 7) is 0. The van der Waals surface area contributed by atoms with Crippen LogP contribution in [0.5, 0.6) is 0 Å². The number of rotatable bonds is 2. The molecule has 86 valence electrons. The highest BCUT2D eigenvalue weighted by Crippen LogP contribution is 2.30. The largest absolute Gasteiger partial charge is 0.478 e. The average Bonchev–Trinajstić information content (AvgIpc) is 2.20. The smallest absolute Gasteiger partial charge is 0.337 e. The summed E-state index contributed by atoms with van der Waals surface area (Å²) < 4.78 is 1.10. The Labute approximate surface area is 108 Å². The number of hydrogen-bond acceptors (Lipinski definition) is 2. The van der Waals surface area contributed by atoms with Crippen molar-refractivity contribution in [1.82, 2.24) is 5.32 Å². The van der Waals surface area contributed by atoms with Gasteiger partial charge in [-0.15, -0.1) is 0 Å². The Bertz CT molecular complexity index is 449. The number of carbonyl (C=O) groups excluding carboxylic acids is 1. The van der Waals surface area contributed by atoms with Gasteiger partial charge in [-0.3, -0.25) is 0 Å². The lowest BCUT2D eigenvalue weighted by molar-refractivity contribution is 0.0698. The fourth-order valence-corrected chi connectivity index (χ4v) is 2.37. The van der Waals surface area contributed by atoms with E-state index in [1.807, 2.05) is 0 Å². The molecule has 0 atom stereocenters. The van der Waals surface area contributed by atoms with E-state index in [0.717, 1.165) is 0 Å². The fraction of sp³-hybridized carbons (Fsp3) is 0.111. The third-order valence-corrected chi connectivity index (χ3v) is 2.83. The van der Waals surface area contributed by atoms with Crippen LogP contribution in [0.4, 0.5) is 10.5 Å². The molecule has 0 bridgehead atoms. The third kappa shape index (κ3) is 2.96. The van der Waals surface area contributed by atoms with Crippen molar-refractivity contribution in [3.8, 4) is 0 Å². The van der Waals surface area contributed by atoms with Crippen molar-refractivity contribution < 1.29 is 14.7 Å². The highest BCUT2D eigenvalue weighted by molar-refractivity contribution is 9.11. The summed E-state index contributed by atoms with van der Waals surface area (Å²) in [5.74, 6) is -1.12. The lowest BCUT2D eigenvalue weighted by atomic mass is 10.2. The first-order chi connectivity index (χ1) is 7.45. The zero-order valence-corrected chi connectivity index (χ0v) is 11.3. The maximum atomic E-state index is 11.1.